The molecule has 2 aromatic rings. The molecule has 1 N–H and O–H groups in total. The van der Waals surface area contributed by atoms with Crippen LogP contribution in [0.5, 0.6) is 17.2 Å². The Hall–Kier alpha value is -2.95. The van der Waals surface area contributed by atoms with E-state index in [4.69, 9.17) is 24.1 Å². The van der Waals surface area contributed by atoms with Crippen LogP contribution in [0.2, 0.25) is 0 Å². The molecule has 1 heterocycles. The average Bonchev–Trinajstić information content (AvgIpc) is 2.97. The second-order valence-corrected chi connectivity index (χ2v) is 6.38. The number of carboxylic acid groups (broad SMARTS) is 1. The molecule has 0 aliphatic rings. The molecule has 1 aromatic carbocycles. The Morgan fingerprint density at radius 1 is 1.10 bits per heavy atom. The van der Waals surface area contributed by atoms with Gasteiger partial charge >= 0.3 is 12.1 Å². The highest BCUT2D eigenvalue weighted by Gasteiger charge is 2.38. The first-order valence-corrected chi connectivity index (χ1v) is 8.70. The van der Waals surface area contributed by atoms with Crippen LogP contribution in [0.25, 0.3) is 0 Å². The lowest BCUT2D eigenvalue weighted by Crippen LogP contribution is -2.21. The van der Waals surface area contributed by atoms with E-state index in [1.54, 1.807) is 21.3 Å². The number of carbonyl (C=O) groups is 1. The number of aryl methyl sites for hydroxylation is 2. The molecule has 0 saturated heterocycles. The minimum absolute atomic E-state index is 0.624. The van der Waals surface area contributed by atoms with Gasteiger partial charge in [0.05, 0.1) is 27.0 Å². The van der Waals surface area contributed by atoms with Crippen molar-refractivity contribution in [3.63, 3.8) is 0 Å². The topological polar surface area (TPSA) is 86.0 Å². The van der Waals surface area contributed by atoms with Gasteiger partial charge in [-0.3, -0.25) is 9.58 Å². The fourth-order valence-corrected chi connectivity index (χ4v) is 2.73. The molecule has 11 heteroatoms. The number of rotatable bonds is 7. The predicted molar refractivity (Wildman–Crippen MR) is 103 cm³/mol. The van der Waals surface area contributed by atoms with E-state index >= 15 is 0 Å². The van der Waals surface area contributed by atoms with E-state index in [9.17, 15) is 13.2 Å². The summed E-state index contributed by atoms with van der Waals surface area (Å²) >= 11 is 0. The van der Waals surface area contributed by atoms with Gasteiger partial charge in [0.15, 0.2) is 11.5 Å². The predicted octanol–water partition coefficient (Wildman–Crippen LogP) is 3.02. The van der Waals surface area contributed by atoms with Crippen LogP contribution in [0.15, 0.2) is 18.3 Å². The lowest BCUT2D eigenvalue weighted by atomic mass is 10.1. The van der Waals surface area contributed by atoms with Crippen LogP contribution in [0, 0.1) is 6.92 Å². The molecular weight excluding hydrogens is 407 g/mol. The molecule has 0 fully saturated rings. The number of ether oxygens (including phenoxy) is 3. The number of alkyl halides is 3. The number of nitrogens with zero attached hydrogens (tertiary/aromatic N) is 3. The zero-order valence-electron chi connectivity index (χ0n) is 17.7. The number of hydrogen-bond acceptors (Lipinski definition) is 6. The maximum atomic E-state index is 10.6. The molecule has 0 aliphatic carbocycles. The standard InChI is InChI=1S/C17H25N3O3.C2HF3O2/c1-12-14(11-20(3)18-12)10-19(2)9-13-7-8-15(21-4)17(23-6)16(13)22-5;3-2(4,5)1(6)7/h7-8,11H,9-10H2,1-6H3;(H,6,7). The van der Waals surface area contributed by atoms with Crippen molar-refractivity contribution in [3.05, 3.63) is 35.2 Å². The summed E-state index contributed by atoms with van der Waals surface area (Å²) in [6, 6.07) is 3.91. The average molecular weight is 433 g/mol. The second kappa shape index (κ2) is 10.7. The number of halogens is 3. The molecule has 0 unspecified atom stereocenters. The quantitative estimate of drug-likeness (QED) is 0.718. The fourth-order valence-electron chi connectivity index (χ4n) is 2.73. The first kappa shape index (κ1) is 25.1. The zero-order chi connectivity index (χ0) is 23.1. The summed E-state index contributed by atoms with van der Waals surface area (Å²) in [6.45, 7) is 3.58. The van der Waals surface area contributed by atoms with Gasteiger partial charge in [-0.2, -0.15) is 18.3 Å². The van der Waals surface area contributed by atoms with E-state index in [2.05, 4.69) is 23.2 Å². The van der Waals surface area contributed by atoms with E-state index in [-0.39, 0.29) is 0 Å². The molecule has 30 heavy (non-hydrogen) atoms. The monoisotopic (exact) mass is 433 g/mol. The van der Waals surface area contributed by atoms with Crippen molar-refractivity contribution in [2.45, 2.75) is 26.2 Å². The molecule has 0 spiro atoms. The van der Waals surface area contributed by atoms with Crippen molar-refractivity contribution in [3.8, 4) is 17.2 Å². The third-order valence-electron chi connectivity index (χ3n) is 4.02. The van der Waals surface area contributed by atoms with Crippen molar-refractivity contribution >= 4 is 5.97 Å². The van der Waals surface area contributed by atoms with Crippen LogP contribution in [-0.4, -0.2) is 60.3 Å². The molecule has 1 aromatic heterocycles. The SMILES string of the molecule is COc1ccc(CN(C)Cc2cn(C)nc2C)c(OC)c1OC.O=C(O)C(F)(F)F. The van der Waals surface area contributed by atoms with Gasteiger partial charge in [0, 0.05) is 37.5 Å². The van der Waals surface area contributed by atoms with Gasteiger partial charge in [0.1, 0.15) is 0 Å². The van der Waals surface area contributed by atoms with Crippen molar-refractivity contribution < 1.29 is 37.3 Å². The lowest BCUT2D eigenvalue weighted by molar-refractivity contribution is -0.192. The van der Waals surface area contributed by atoms with E-state index in [1.807, 2.05) is 30.8 Å². The number of aromatic nitrogens is 2. The molecule has 0 aliphatic heterocycles. The lowest BCUT2D eigenvalue weighted by Gasteiger charge is -2.20. The number of carboxylic acids is 1. The van der Waals surface area contributed by atoms with Crippen LogP contribution in [0.1, 0.15) is 16.8 Å². The Labute approximate surface area is 172 Å². The number of benzene rings is 1. The summed E-state index contributed by atoms with van der Waals surface area (Å²) in [5, 5.41) is 11.5. The van der Waals surface area contributed by atoms with Crippen molar-refractivity contribution in [2.75, 3.05) is 28.4 Å². The summed E-state index contributed by atoms with van der Waals surface area (Å²) in [5.41, 5.74) is 3.32. The van der Waals surface area contributed by atoms with Crippen LogP contribution >= 0.6 is 0 Å². The Balaban J connectivity index is 0.000000553. The first-order chi connectivity index (χ1) is 13.9. The summed E-state index contributed by atoms with van der Waals surface area (Å²) < 4.78 is 49.9. The van der Waals surface area contributed by atoms with Gasteiger partial charge in [-0.05, 0) is 20.0 Å². The normalized spacial score (nSPS) is 11.0. The van der Waals surface area contributed by atoms with E-state index in [1.165, 1.54) is 5.56 Å². The molecule has 8 nitrogen and oxygen atoms in total. The molecule has 0 saturated carbocycles. The zero-order valence-corrected chi connectivity index (χ0v) is 17.7. The van der Waals surface area contributed by atoms with Crippen LogP contribution in [0.3, 0.4) is 0 Å². The molecule has 0 radical (unpaired) electrons. The van der Waals surface area contributed by atoms with Crippen LogP contribution < -0.4 is 14.2 Å². The highest BCUT2D eigenvalue weighted by Crippen LogP contribution is 2.40. The minimum Gasteiger partial charge on any atom is -0.493 e. The molecule has 0 atom stereocenters. The summed E-state index contributed by atoms with van der Waals surface area (Å²) in [5.74, 6) is -0.758. The Bertz CT molecular complexity index is 853. The van der Waals surface area contributed by atoms with Crippen molar-refractivity contribution in [1.82, 2.24) is 14.7 Å². The van der Waals surface area contributed by atoms with E-state index in [0.29, 0.717) is 17.2 Å². The second-order valence-electron chi connectivity index (χ2n) is 6.38. The molecule has 0 bridgehead atoms. The van der Waals surface area contributed by atoms with Crippen LogP contribution in [-0.2, 0) is 24.9 Å². The Kier molecular flexibility index (Phi) is 8.96. The summed E-state index contributed by atoms with van der Waals surface area (Å²) in [4.78, 5) is 11.1. The number of methoxy groups -OCH3 is 3. The van der Waals surface area contributed by atoms with E-state index < -0.39 is 12.1 Å². The van der Waals surface area contributed by atoms with Crippen LogP contribution in [0.4, 0.5) is 13.2 Å². The van der Waals surface area contributed by atoms with E-state index in [0.717, 1.165) is 24.3 Å². The molecule has 2 rings (SSSR count). The maximum absolute atomic E-state index is 10.6. The van der Waals surface area contributed by atoms with Gasteiger partial charge in [-0.1, -0.05) is 6.07 Å². The number of aliphatic carboxylic acids is 1. The third kappa shape index (κ3) is 6.83. The van der Waals surface area contributed by atoms with Gasteiger partial charge in [-0.15, -0.1) is 0 Å². The van der Waals surface area contributed by atoms with Gasteiger partial charge < -0.3 is 19.3 Å². The maximum Gasteiger partial charge on any atom is 0.490 e. The third-order valence-corrected chi connectivity index (χ3v) is 4.02. The highest BCUT2D eigenvalue weighted by atomic mass is 19.4. The van der Waals surface area contributed by atoms with Gasteiger partial charge in [0.2, 0.25) is 5.75 Å². The molecule has 168 valence electrons. The van der Waals surface area contributed by atoms with Crippen molar-refractivity contribution in [1.29, 1.82) is 0 Å². The minimum atomic E-state index is -5.08. The summed E-state index contributed by atoms with van der Waals surface area (Å²) in [7, 11) is 8.89. The smallest absolute Gasteiger partial charge is 0.490 e. The van der Waals surface area contributed by atoms with Crippen molar-refractivity contribution in [2.24, 2.45) is 7.05 Å². The highest BCUT2D eigenvalue weighted by molar-refractivity contribution is 5.73. The first-order valence-electron chi connectivity index (χ1n) is 8.70. The largest absolute Gasteiger partial charge is 0.493 e. The Morgan fingerprint density at radius 3 is 2.03 bits per heavy atom. The molecular formula is C19H26F3N3O5. The molecule has 0 amide bonds. The Morgan fingerprint density at radius 2 is 1.63 bits per heavy atom. The summed E-state index contributed by atoms with van der Waals surface area (Å²) in [6.07, 6.45) is -3.03. The fraction of sp³-hybridized carbons (Fsp3) is 0.474. The number of hydrogen-bond donors (Lipinski definition) is 1. The van der Waals surface area contributed by atoms with Gasteiger partial charge in [0.25, 0.3) is 0 Å². The van der Waals surface area contributed by atoms with Gasteiger partial charge in [-0.25, -0.2) is 4.79 Å².